The third kappa shape index (κ3) is 8.39. The number of thioether (sulfide) groups is 1. The summed E-state index contributed by atoms with van der Waals surface area (Å²) in [6.07, 6.45) is 1.67. The summed E-state index contributed by atoms with van der Waals surface area (Å²) < 4.78 is 16.1. The average Bonchev–Trinajstić information content (AvgIpc) is 3.17. The summed E-state index contributed by atoms with van der Waals surface area (Å²) in [5.41, 5.74) is 3.98. The van der Waals surface area contributed by atoms with Gasteiger partial charge in [-0.05, 0) is 55.2 Å². The molecule has 198 valence electrons. The maximum atomic E-state index is 12.7. The number of rotatable bonds is 12. The lowest BCUT2D eigenvalue weighted by atomic mass is 9.98. The Morgan fingerprint density at radius 3 is 2.24 bits per heavy atom. The Morgan fingerprint density at radius 1 is 1.03 bits per heavy atom. The normalized spacial score (nSPS) is 13.2. The van der Waals surface area contributed by atoms with Gasteiger partial charge in [-0.2, -0.15) is 11.8 Å². The number of fused-ring (bicyclic) bond motifs is 3. The quantitative estimate of drug-likeness (QED) is 0.170. The molecule has 0 bridgehead atoms. The van der Waals surface area contributed by atoms with Crippen LogP contribution in [-0.4, -0.2) is 54.4 Å². The van der Waals surface area contributed by atoms with Crippen LogP contribution in [0.5, 0.6) is 0 Å². The number of hydrogen-bond acceptors (Lipinski definition) is 7. The highest BCUT2D eigenvalue weighted by Crippen LogP contribution is 2.44. The molecule has 1 atom stereocenters. The smallest absolute Gasteiger partial charge is 0.407 e. The van der Waals surface area contributed by atoms with Crippen LogP contribution in [0.2, 0.25) is 0 Å². The lowest BCUT2D eigenvalue weighted by Gasteiger charge is -2.20. The first kappa shape index (κ1) is 28.3. The number of hydrogen-bond donors (Lipinski definition) is 1. The highest BCUT2D eigenvalue weighted by Gasteiger charge is 2.30. The van der Waals surface area contributed by atoms with Gasteiger partial charge in [0.2, 0.25) is 0 Å². The molecule has 0 saturated carbocycles. The molecule has 7 nitrogen and oxygen atoms in total. The summed E-state index contributed by atoms with van der Waals surface area (Å²) in [7, 11) is 0. The van der Waals surface area contributed by atoms with Crippen LogP contribution >= 0.6 is 11.8 Å². The van der Waals surface area contributed by atoms with Crippen molar-refractivity contribution in [2.45, 2.75) is 51.2 Å². The number of nitrogens with one attached hydrogen (secondary N) is 1. The van der Waals surface area contributed by atoms with Gasteiger partial charge in [0.25, 0.3) is 0 Å². The summed E-state index contributed by atoms with van der Waals surface area (Å²) >= 11 is 1.45. The topological polar surface area (TPSA) is 90.9 Å². The standard InChI is InChI=1S/C29H35NO6S/c1-5-16-34-27(32)25(19-37-17-10-15-26(31)36-29(2,3)4)30-28(33)35-18-24-22-13-8-6-11-20(22)21-12-7-9-14-23(21)24/h5-9,11-14,24-25H,1,10,15-19H2,2-4H3,(H,30,33). The second-order valence-corrected chi connectivity index (χ2v) is 10.9. The Balaban J connectivity index is 1.52. The molecule has 1 amide bonds. The van der Waals surface area contributed by atoms with Crippen molar-refractivity contribution < 1.29 is 28.6 Å². The Morgan fingerprint density at radius 2 is 1.65 bits per heavy atom. The van der Waals surface area contributed by atoms with Crippen molar-refractivity contribution in [2.24, 2.45) is 0 Å². The number of esters is 2. The summed E-state index contributed by atoms with van der Waals surface area (Å²) in [4.78, 5) is 37.1. The zero-order valence-electron chi connectivity index (χ0n) is 21.7. The summed E-state index contributed by atoms with van der Waals surface area (Å²) in [6, 6.07) is 15.3. The fourth-order valence-electron chi connectivity index (χ4n) is 4.10. The molecule has 0 radical (unpaired) electrons. The zero-order valence-corrected chi connectivity index (χ0v) is 22.5. The molecule has 0 heterocycles. The van der Waals surface area contributed by atoms with Crippen LogP contribution in [0.3, 0.4) is 0 Å². The van der Waals surface area contributed by atoms with Crippen molar-refractivity contribution in [3.63, 3.8) is 0 Å². The number of ether oxygens (including phenoxy) is 3. The minimum absolute atomic E-state index is 0.0466. The number of carbonyl (C=O) groups is 3. The monoisotopic (exact) mass is 525 g/mol. The first-order valence-electron chi connectivity index (χ1n) is 12.4. The van der Waals surface area contributed by atoms with E-state index in [1.807, 2.05) is 57.2 Å². The summed E-state index contributed by atoms with van der Waals surface area (Å²) in [5.74, 6) is 0.0112. The van der Waals surface area contributed by atoms with Gasteiger partial charge in [0.15, 0.2) is 0 Å². The van der Waals surface area contributed by atoms with Crippen LogP contribution in [0, 0.1) is 0 Å². The van der Waals surface area contributed by atoms with Crippen molar-refractivity contribution >= 4 is 29.8 Å². The fraction of sp³-hybridized carbons (Fsp3) is 0.414. The van der Waals surface area contributed by atoms with Gasteiger partial charge in [-0.3, -0.25) is 4.79 Å². The Labute approximate surface area is 222 Å². The Hall–Kier alpha value is -3.26. The molecule has 0 aromatic heterocycles. The van der Waals surface area contributed by atoms with Crippen molar-refractivity contribution in [3.05, 3.63) is 72.3 Å². The number of carbonyl (C=O) groups excluding carboxylic acids is 3. The Kier molecular flexibility index (Phi) is 10.2. The van der Waals surface area contributed by atoms with Crippen molar-refractivity contribution in [2.75, 3.05) is 24.7 Å². The van der Waals surface area contributed by atoms with E-state index in [9.17, 15) is 14.4 Å². The molecule has 3 rings (SSSR count). The molecule has 1 N–H and O–H groups in total. The van der Waals surface area contributed by atoms with E-state index in [4.69, 9.17) is 14.2 Å². The molecule has 0 fully saturated rings. The molecular formula is C29H35NO6S. The molecule has 2 aromatic carbocycles. The van der Waals surface area contributed by atoms with Gasteiger partial charge < -0.3 is 19.5 Å². The second-order valence-electron chi connectivity index (χ2n) is 9.71. The van der Waals surface area contributed by atoms with E-state index in [0.717, 1.165) is 22.3 Å². The fourth-order valence-corrected chi connectivity index (χ4v) is 5.08. The van der Waals surface area contributed by atoms with Crippen molar-refractivity contribution in [3.8, 4) is 11.1 Å². The van der Waals surface area contributed by atoms with Gasteiger partial charge in [-0.15, -0.1) is 0 Å². The molecular weight excluding hydrogens is 490 g/mol. The van der Waals surface area contributed by atoms with E-state index in [-0.39, 0.29) is 37.3 Å². The third-order valence-corrected chi connectivity index (χ3v) is 6.78. The van der Waals surface area contributed by atoms with Crippen LogP contribution in [0.1, 0.15) is 50.7 Å². The lowest BCUT2D eigenvalue weighted by Crippen LogP contribution is -2.44. The summed E-state index contributed by atoms with van der Waals surface area (Å²) in [6.45, 7) is 9.23. The van der Waals surface area contributed by atoms with Crippen LogP contribution in [0.25, 0.3) is 11.1 Å². The first-order chi connectivity index (χ1) is 17.7. The van der Waals surface area contributed by atoms with Gasteiger partial charge in [-0.1, -0.05) is 61.2 Å². The largest absolute Gasteiger partial charge is 0.460 e. The third-order valence-electron chi connectivity index (χ3n) is 5.64. The van der Waals surface area contributed by atoms with E-state index >= 15 is 0 Å². The van der Waals surface area contributed by atoms with E-state index < -0.39 is 23.7 Å². The minimum atomic E-state index is -0.887. The van der Waals surface area contributed by atoms with E-state index in [1.54, 1.807) is 0 Å². The average molecular weight is 526 g/mol. The predicted octanol–water partition coefficient (Wildman–Crippen LogP) is 5.48. The van der Waals surface area contributed by atoms with Crippen LogP contribution < -0.4 is 5.32 Å². The SMILES string of the molecule is C=CCOC(=O)C(CSCCCC(=O)OC(C)(C)C)NC(=O)OCC1c2ccccc2-c2ccccc21. The highest BCUT2D eigenvalue weighted by atomic mass is 32.2. The van der Waals surface area contributed by atoms with Crippen LogP contribution in [0.4, 0.5) is 4.79 Å². The first-order valence-corrected chi connectivity index (χ1v) is 13.5. The number of alkyl carbamates (subject to hydrolysis) is 1. The van der Waals surface area contributed by atoms with Crippen LogP contribution in [0.15, 0.2) is 61.2 Å². The van der Waals surface area contributed by atoms with E-state index in [1.165, 1.54) is 17.8 Å². The number of benzene rings is 2. The van der Waals surface area contributed by atoms with Gasteiger partial charge >= 0.3 is 18.0 Å². The van der Waals surface area contributed by atoms with Crippen molar-refractivity contribution in [1.29, 1.82) is 0 Å². The molecule has 1 unspecified atom stereocenters. The van der Waals surface area contributed by atoms with Crippen molar-refractivity contribution in [1.82, 2.24) is 5.32 Å². The molecule has 2 aromatic rings. The molecule has 1 aliphatic rings. The van der Waals surface area contributed by atoms with E-state index in [0.29, 0.717) is 12.2 Å². The predicted molar refractivity (Wildman–Crippen MR) is 146 cm³/mol. The molecule has 8 heteroatoms. The molecule has 0 spiro atoms. The zero-order chi connectivity index (χ0) is 26.8. The van der Waals surface area contributed by atoms with Gasteiger partial charge in [0.05, 0.1) is 0 Å². The molecule has 0 saturated heterocycles. The molecule has 1 aliphatic carbocycles. The van der Waals surface area contributed by atoms with Crippen LogP contribution in [-0.2, 0) is 23.8 Å². The maximum Gasteiger partial charge on any atom is 0.407 e. The van der Waals surface area contributed by atoms with Gasteiger partial charge in [0.1, 0.15) is 24.9 Å². The minimum Gasteiger partial charge on any atom is -0.460 e. The Bertz CT molecular complexity index is 1060. The van der Waals surface area contributed by atoms with E-state index in [2.05, 4.69) is 24.0 Å². The lowest BCUT2D eigenvalue weighted by molar-refractivity contribution is -0.154. The number of amides is 1. The molecule has 37 heavy (non-hydrogen) atoms. The summed E-state index contributed by atoms with van der Waals surface area (Å²) in [5, 5.41) is 2.65. The second kappa shape index (κ2) is 13.3. The highest BCUT2D eigenvalue weighted by molar-refractivity contribution is 7.99. The maximum absolute atomic E-state index is 12.7. The molecule has 0 aliphatic heterocycles. The van der Waals surface area contributed by atoms with Gasteiger partial charge in [-0.25, -0.2) is 9.59 Å². The van der Waals surface area contributed by atoms with Gasteiger partial charge in [0, 0.05) is 18.1 Å².